The van der Waals surface area contributed by atoms with Crippen LogP contribution >= 0.6 is 0 Å². The number of hydrogen-bond donors (Lipinski definition) is 3. The highest BCUT2D eigenvalue weighted by Crippen LogP contribution is 2.33. The van der Waals surface area contributed by atoms with Crippen molar-refractivity contribution in [3.63, 3.8) is 0 Å². The Hall–Kier alpha value is -1.88. The Labute approximate surface area is 118 Å². The average molecular weight is 276 g/mol. The van der Waals surface area contributed by atoms with E-state index in [-0.39, 0.29) is 5.91 Å². The van der Waals surface area contributed by atoms with Crippen molar-refractivity contribution in [3.05, 3.63) is 35.9 Å². The molecule has 2 rings (SSSR count). The average Bonchev–Trinajstić information content (AvgIpc) is 2.48. The number of nitrogens with one attached hydrogen (secondary N) is 2. The van der Waals surface area contributed by atoms with Gasteiger partial charge in [-0.25, -0.2) is 0 Å². The van der Waals surface area contributed by atoms with Gasteiger partial charge >= 0.3 is 5.97 Å². The summed E-state index contributed by atoms with van der Waals surface area (Å²) in [6.07, 6.45) is 1.35. The van der Waals surface area contributed by atoms with Crippen molar-refractivity contribution >= 4 is 11.9 Å². The van der Waals surface area contributed by atoms with Crippen LogP contribution in [0, 0.1) is 0 Å². The summed E-state index contributed by atoms with van der Waals surface area (Å²) in [6, 6.07) is 8.74. The van der Waals surface area contributed by atoms with Crippen LogP contribution in [-0.4, -0.2) is 36.1 Å². The van der Waals surface area contributed by atoms with E-state index in [1.807, 2.05) is 30.3 Å². The Bertz CT molecular complexity index is 481. The standard InChI is InChI=1S/C15H20N2O3/c1-11(13(18)19)17-14(20)15(7-9-16-10-8-15)12-5-3-2-4-6-12/h2-6,11,16H,7-10H2,1H3,(H,17,20)(H,18,19). The molecule has 5 heteroatoms. The zero-order chi connectivity index (χ0) is 14.6. The second-order valence-electron chi connectivity index (χ2n) is 5.23. The summed E-state index contributed by atoms with van der Waals surface area (Å²) in [6.45, 7) is 2.99. The lowest BCUT2D eigenvalue weighted by Crippen LogP contribution is -2.53. The number of aliphatic carboxylic acids is 1. The van der Waals surface area contributed by atoms with E-state index in [2.05, 4.69) is 10.6 Å². The van der Waals surface area contributed by atoms with Crippen molar-refractivity contribution in [1.82, 2.24) is 10.6 Å². The number of rotatable bonds is 4. The fourth-order valence-electron chi connectivity index (χ4n) is 2.65. The van der Waals surface area contributed by atoms with E-state index in [0.717, 1.165) is 18.7 Å². The lowest BCUT2D eigenvalue weighted by molar-refractivity contribution is -0.142. The minimum absolute atomic E-state index is 0.194. The molecule has 1 atom stereocenters. The van der Waals surface area contributed by atoms with Crippen molar-refractivity contribution in [3.8, 4) is 0 Å². The fraction of sp³-hybridized carbons (Fsp3) is 0.467. The number of carbonyl (C=O) groups is 2. The Balaban J connectivity index is 2.28. The highest BCUT2D eigenvalue weighted by atomic mass is 16.4. The van der Waals surface area contributed by atoms with Crippen LogP contribution in [-0.2, 0) is 15.0 Å². The first-order chi connectivity index (χ1) is 9.56. The molecule has 1 amide bonds. The Kier molecular flexibility index (Phi) is 4.39. The molecule has 20 heavy (non-hydrogen) atoms. The van der Waals surface area contributed by atoms with E-state index >= 15 is 0 Å². The van der Waals surface area contributed by atoms with Gasteiger partial charge in [0.05, 0.1) is 5.41 Å². The van der Waals surface area contributed by atoms with E-state index in [1.54, 1.807) is 0 Å². The Morgan fingerprint density at radius 3 is 2.40 bits per heavy atom. The first-order valence-corrected chi connectivity index (χ1v) is 6.86. The molecule has 0 bridgehead atoms. The molecule has 1 aromatic rings. The monoisotopic (exact) mass is 276 g/mol. The van der Waals surface area contributed by atoms with Gasteiger partial charge in [-0.3, -0.25) is 9.59 Å². The maximum Gasteiger partial charge on any atom is 0.325 e. The van der Waals surface area contributed by atoms with Gasteiger partial charge in [-0.05, 0) is 38.4 Å². The Morgan fingerprint density at radius 1 is 1.25 bits per heavy atom. The minimum atomic E-state index is -1.02. The molecule has 1 fully saturated rings. The summed E-state index contributed by atoms with van der Waals surface area (Å²) in [5.41, 5.74) is 0.326. The van der Waals surface area contributed by atoms with Gasteiger partial charge in [0.2, 0.25) is 5.91 Å². The predicted molar refractivity (Wildman–Crippen MR) is 75.5 cm³/mol. The molecular weight excluding hydrogens is 256 g/mol. The molecule has 3 N–H and O–H groups in total. The topological polar surface area (TPSA) is 78.4 Å². The zero-order valence-corrected chi connectivity index (χ0v) is 11.6. The molecule has 1 heterocycles. The van der Waals surface area contributed by atoms with Crippen LogP contribution < -0.4 is 10.6 Å². The highest BCUT2D eigenvalue weighted by Gasteiger charge is 2.41. The summed E-state index contributed by atoms with van der Waals surface area (Å²) >= 11 is 0. The van der Waals surface area contributed by atoms with Gasteiger partial charge in [-0.15, -0.1) is 0 Å². The van der Waals surface area contributed by atoms with Gasteiger partial charge < -0.3 is 15.7 Å². The minimum Gasteiger partial charge on any atom is -0.480 e. The third-order valence-corrected chi connectivity index (χ3v) is 3.94. The molecule has 108 valence electrons. The van der Waals surface area contributed by atoms with Crippen molar-refractivity contribution in [2.24, 2.45) is 0 Å². The van der Waals surface area contributed by atoms with Crippen LogP contribution in [0.15, 0.2) is 30.3 Å². The number of carbonyl (C=O) groups excluding carboxylic acids is 1. The molecule has 0 spiro atoms. The summed E-state index contributed by atoms with van der Waals surface area (Å²) in [5.74, 6) is -1.21. The summed E-state index contributed by atoms with van der Waals surface area (Å²) < 4.78 is 0. The van der Waals surface area contributed by atoms with Crippen molar-refractivity contribution in [2.45, 2.75) is 31.2 Å². The number of carboxylic acid groups (broad SMARTS) is 1. The number of amides is 1. The number of piperidine rings is 1. The second kappa shape index (κ2) is 6.05. The van der Waals surface area contributed by atoms with Crippen LogP contribution in [0.25, 0.3) is 0 Å². The van der Waals surface area contributed by atoms with E-state index in [1.165, 1.54) is 6.92 Å². The molecule has 1 aromatic carbocycles. The van der Waals surface area contributed by atoms with Crippen LogP contribution in [0.3, 0.4) is 0 Å². The van der Waals surface area contributed by atoms with Gasteiger partial charge in [0.1, 0.15) is 6.04 Å². The fourth-order valence-corrected chi connectivity index (χ4v) is 2.65. The van der Waals surface area contributed by atoms with Crippen molar-refractivity contribution < 1.29 is 14.7 Å². The maximum atomic E-state index is 12.6. The molecule has 0 aliphatic carbocycles. The van der Waals surface area contributed by atoms with Gasteiger partial charge in [-0.1, -0.05) is 30.3 Å². The number of carboxylic acids is 1. The third kappa shape index (κ3) is 2.82. The maximum absolute atomic E-state index is 12.6. The van der Waals surface area contributed by atoms with Gasteiger partial charge in [-0.2, -0.15) is 0 Å². The first-order valence-electron chi connectivity index (χ1n) is 6.86. The van der Waals surface area contributed by atoms with E-state index in [0.29, 0.717) is 12.8 Å². The van der Waals surface area contributed by atoms with E-state index < -0.39 is 17.4 Å². The lowest BCUT2D eigenvalue weighted by Gasteiger charge is -2.37. The summed E-state index contributed by atoms with van der Waals surface area (Å²) in [4.78, 5) is 23.6. The third-order valence-electron chi connectivity index (χ3n) is 3.94. The van der Waals surface area contributed by atoms with Crippen molar-refractivity contribution in [1.29, 1.82) is 0 Å². The SMILES string of the molecule is CC(NC(=O)C1(c2ccccc2)CCNCC1)C(=O)O. The molecule has 1 saturated heterocycles. The number of hydrogen-bond acceptors (Lipinski definition) is 3. The van der Waals surface area contributed by atoms with Gasteiger partial charge in [0, 0.05) is 0 Å². The summed E-state index contributed by atoms with van der Waals surface area (Å²) in [7, 11) is 0. The molecule has 0 aromatic heterocycles. The zero-order valence-electron chi connectivity index (χ0n) is 11.6. The smallest absolute Gasteiger partial charge is 0.325 e. The summed E-state index contributed by atoms with van der Waals surface area (Å²) in [5, 5.41) is 14.8. The predicted octanol–water partition coefficient (Wildman–Crippen LogP) is 0.897. The molecule has 0 radical (unpaired) electrons. The van der Waals surface area contributed by atoms with Crippen LogP contribution in [0.5, 0.6) is 0 Å². The molecule has 5 nitrogen and oxygen atoms in total. The van der Waals surface area contributed by atoms with Crippen molar-refractivity contribution in [2.75, 3.05) is 13.1 Å². The molecular formula is C15H20N2O3. The second-order valence-corrected chi connectivity index (χ2v) is 5.23. The van der Waals surface area contributed by atoms with Crippen LogP contribution in [0.1, 0.15) is 25.3 Å². The first kappa shape index (κ1) is 14.5. The quantitative estimate of drug-likeness (QED) is 0.763. The molecule has 0 saturated carbocycles. The van der Waals surface area contributed by atoms with Crippen LogP contribution in [0.4, 0.5) is 0 Å². The number of benzene rings is 1. The van der Waals surface area contributed by atoms with E-state index in [9.17, 15) is 9.59 Å². The lowest BCUT2D eigenvalue weighted by atomic mass is 9.72. The van der Waals surface area contributed by atoms with Gasteiger partial charge in [0.25, 0.3) is 0 Å². The normalized spacial score (nSPS) is 19.1. The van der Waals surface area contributed by atoms with Crippen LogP contribution in [0.2, 0.25) is 0 Å². The molecule has 1 aliphatic heterocycles. The Morgan fingerprint density at radius 2 is 1.85 bits per heavy atom. The molecule has 1 unspecified atom stereocenters. The largest absolute Gasteiger partial charge is 0.480 e. The van der Waals surface area contributed by atoms with Gasteiger partial charge in [0.15, 0.2) is 0 Å². The van der Waals surface area contributed by atoms with E-state index in [4.69, 9.17) is 5.11 Å². The molecule has 1 aliphatic rings. The highest BCUT2D eigenvalue weighted by molar-refractivity contribution is 5.91.